The van der Waals surface area contributed by atoms with E-state index >= 15 is 4.39 Å². The van der Waals surface area contributed by atoms with Crippen molar-refractivity contribution in [1.29, 1.82) is 0 Å². The molecule has 2 amide bonds. The second-order valence-electron chi connectivity index (χ2n) is 7.89. The number of anilines is 3. The summed E-state index contributed by atoms with van der Waals surface area (Å²) in [6.45, 7) is 4.01. The minimum atomic E-state index is -0.588. The molecule has 2 aliphatic heterocycles. The molecule has 2 fully saturated rings. The third-order valence-corrected chi connectivity index (χ3v) is 5.60. The van der Waals surface area contributed by atoms with Gasteiger partial charge in [0.1, 0.15) is 16.8 Å². The van der Waals surface area contributed by atoms with Crippen LogP contribution < -0.4 is 20.0 Å². The molecular formula is C21H24FN5O6. The van der Waals surface area contributed by atoms with Crippen molar-refractivity contribution in [3.8, 4) is 0 Å². The van der Waals surface area contributed by atoms with Crippen LogP contribution in [0.15, 0.2) is 34.7 Å². The minimum absolute atomic E-state index is 0.196. The SMILES string of the molecule is CC(=O)NC[C@H]1CN(c2ccc(N3CCCN(c4ccc([N+](=O)[O-])o4)CC3)c(F)c2)C(=O)O1. The number of ether oxygens (including phenoxy) is 1. The summed E-state index contributed by atoms with van der Waals surface area (Å²) < 4.78 is 25.5. The molecule has 33 heavy (non-hydrogen) atoms. The molecule has 3 heterocycles. The lowest BCUT2D eigenvalue weighted by molar-refractivity contribution is -0.401. The maximum atomic E-state index is 15.0. The Labute approximate surface area is 188 Å². The first-order valence-corrected chi connectivity index (χ1v) is 10.6. The molecule has 1 atom stereocenters. The van der Waals surface area contributed by atoms with Gasteiger partial charge in [-0.2, -0.15) is 0 Å². The molecular weight excluding hydrogens is 437 g/mol. The molecule has 0 bridgehead atoms. The van der Waals surface area contributed by atoms with Crippen LogP contribution in [0.3, 0.4) is 0 Å². The van der Waals surface area contributed by atoms with Gasteiger partial charge in [0.25, 0.3) is 0 Å². The van der Waals surface area contributed by atoms with Gasteiger partial charge >= 0.3 is 12.0 Å². The zero-order chi connectivity index (χ0) is 23.5. The zero-order valence-electron chi connectivity index (χ0n) is 18.0. The van der Waals surface area contributed by atoms with Crippen LogP contribution in [0.25, 0.3) is 0 Å². The van der Waals surface area contributed by atoms with Crippen molar-refractivity contribution < 1.29 is 28.1 Å². The monoisotopic (exact) mass is 461 g/mol. The van der Waals surface area contributed by atoms with Gasteiger partial charge in [0.15, 0.2) is 0 Å². The molecule has 2 saturated heterocycles. The molecule has 0 unspecified atom stereocenters. The first-order valence-electron chi connectivity index (χ1n) is 10.6. The van der Waals surface area contributed by atoms with Gasteiger partial charge in [-0.1, -0.05) is 0 Å². The number of carbonyl (C=O) groups is 2. The number of hydrogen-bond donors (Lipinski definition) is 1. The van der Waals surface area contributed by atoms with Crippen LogP contribution in [0.1, 0.15) is 13.3 Å². The first-order chi connectivity index (χ1) is 15.8. The molecule has 1 aromatic heterocycles. The Bertz CT molecular complexity index is 1060. The van der Waals surface area contributed by atoms with Crippen LogP contribution in [0.5, 0.6) is 0 Å². The van der Waals surface area contributed by atoms with Gasteiger partial charge in [-0.15, -0.1) is 0 Å². The lowest BCUT2D eigenvalue weighted by atomic mass is 10.2. The Morgan fingerprint density at radius 3 is 2.67 bits per heavy atom. The number of hydrogen-bond acceptors (Lipinski definition) is 8. The molecule has 1 N–H and O–H groups in total. The number of nitrogens with one attached hydrogen (secondary N) is 1. The molecule has 0 spiro atoms. The van der Waals surface area contributed by atoms with Crippen LogP contribution in [0.2, 0.25) is 0 Å². The number of cyclic esters (lactones) is 1. The molecule has 0 aliphatic carbocycles. The fraction of sp³-hybridized carbons (Fsp3) is 0.429. The van der Waals surface area contributed by atoms with Crippen molar-refractivity contribution in [3.05, 3.63) is 46.3 Å². The van der Waals surface area contributed by atoms with Crippen molar-refractivity contribution in [1.82, 2.24) is 5.32 Å². The largest absolute Gasteiger partial charge is 0.442 e. The molecule has 2 aliphatic rings. The van der Waals surface area contributed by atoms with Crippen molar-refractivity contribution >= 4 is 35.1 Å². The fourth-order valence-electron chi connectivity index (χ4n) is 3.98. The third-order valence-electron chi connectivity index (χ3n) is 5.60. The second-order valence-corrected chi connectivity index (χ2v) is 7.89. The molecule has 176 valence electrons. The first kappa shape index (κ1) is 22.4. The van der Waals surface area contributed by atoms with Gasteiger partial charge in [-0.05, 0) is 24.6 Å². The van der Waals surface area contributed by atoms with Gasteiger partial charge in [-0.25, -0.2) is 9.18 Å². The van der Waals surface area contributed by atoms with Gasteiger partial charge in [0.2, 0.25) is 11.8 Å². The average molecular weight is 461 g/mol. The summed E-state index contributed by atoms with van der Waals surface area (Å²) in [5.74, 6) is -0.581. The number of halogens is 1. The zero-order valence-corrected chi connectivity index (χ0v) is 18.0. The highest BCUT2D eigenvalue weighted by atomic mass is 19.1. The van der Waals surface area contributed by atoms with E-state index in [0.29, 0.717) is 49.9 Å². The van der Waals surface area contributed by atoms with Crippen LogP contribution in [-0.4, -0.2) is 62.3 Å². The lowest BCUT2D eigenvalue weighted by Gasteiger charge is -2.24. The number of furan rings is 1. The van der Waals surface area contributed by atoms with Gasteiger partial charge in [0, 0.05) is 39.2 Å². The van der Waals surface area contributed by atoms with Gasteiger partial charge in [-0.3, -0.25) is 19.8 Å². The van der Waals surface area contributed by atoms with Crippen molar-refractivity contribution in [2.45, 2.75) is 19.4 Å². The highest BCUT2D eigenvalue weighted by molar-refractivity contribution is 5.90. The number of benzene rings is 1. The van der Waals surface area contributed by atoms with Crippen LogP contribution in [0.4, 0.5) is 32.3 Å². The average Bonchev–Trinajstić information content (AvgIpc) is 3.33. The van der Waals surface area contributed by atoms with E-state index in [1.165, 1.54) is 24.0 Å². The van der Waals surface area contributed by atoms with Crippen LogP contribution in [0, 0.1) is 15.9 Å². The highest BCUT2D eigenvalue weighted by Crippen LogP contribution is 2.30. The smallest absolute Gasteiger partial charge is 0.434 e. The predicted octanol–water partition coefficient (Wildman–Crippen LogP) is 2.50. The molecule has 0 saturated carbocycles. The van der Waals surface area contributed by atoms with Gasteiger partial charge in [0.05, 0.1) is 30.5 Å². The number of nitrogens with zero attached hydrogens (tertiary/aromatic N) is 4. The molecule has 0 radical (unpaired) electrons. The molecule has 12 heteroatoms. The Balaban J connectivity index is 1.41. The van der Waals surface area contributed by atoms with Crippen molar-refractivity contribution in [2.75, 3.05) is 54.0 Å². The van der Waals surface area contributed by atoms with Crippen LogP contribution >= 0.6 is 0 Å². The Morgan fingerprint density at radius 2 is 1.97 bits per heavy atom. The van der Waals surface area contributed by atoms with E-state index in [9.17, 15) is 19.7 Å². The molecule has 2 aromatic rings. The maximum absolute atomic E-state index is 15.0. The summed E-state index contributed by atoms with van der Waals surface area (Å²) in [6, 6.07) is 7.49. The van der Waals surface area contributed by atoms with E-state index in [-0.39, 0.29) is 24.9 Å². The number of amides is 2. The van der Waals surface area contributed by atoms with Gasteiger partial charge < -0.3 is 24.3 Å². The third kappa shape index (κ3) is 4.99. The quantitative estimate of drug-likeness (QED) is 0.515. The predicted molar refractivity (Wildman–Crippen MR) is 117 cm³/mol. The summed E-state index contributed by atoms with van der Waals surface area (Å²) >= 11 is 0. The number of carbonyl (C=O) groups excluding carboxylic acids is 2. The fourth-order valence-corrected chi connectivity index (χ4v) is 3.98. The van der Waals surface area contributed by atoms with E-state index in [1.807, 2.05) is 9.80 Å². The lowest BCUT2D eigenvalue weighted by Crippen LogP contribution is -2.33. The number of nitro groups is 1. The summed E-state index contributed by atoms with van der Waals surface area (Å²) in [4.78, 5) is 38.7. The molecule has 4 rings (SSSR count). The van der Waals surface area contributed by atoms with Crippen LogP contribution in [-0.2, 0) is 9.53 Å². The van der Waals surface area contributed by atoms with E-state index in [0.717, 1.165) is 0 Å². The highest BCUT2D eigenvalue weighted by Gasteiger charge is 2.33. The van der Waals surface area contributed by atoms with E-state index in [1.54, 1.807) is 18.2 Å². The summed E-state index contributed by atoms with van der Waals surface area (Å²) in [5.41, 5.74) is 0.791. The molecule has 11 nitrogen and oxygen atoms in total. The van der Waals surface area contributed by atoms with E-state index in [2.05, 4.69) is 5.32 Å². The topological polar surface area (TPSA) is 121 Å². The minimum Gasteiger partial charge on any atom is -0.442 e. The standard InChI is InChI=1S/C21H24FN5O6/c1-14(28)23-12-16-13-26(21(29)32-16)15-3-4-18(17(22)11-15)24-7-2-8-25(10-9-24)19-5-6-20(33-19)27(30)31/h3-6,11,16H,2,7-10,12-13H2,1H3,(H,23,28)/t16-/m0/s1. The summed E-state index contributed by atoms with van der Waals surface area (Å²) in [6.07, 6.45) is -0.382. The second kappa shape index (κ2) is 9.35. The summed E-state index contributed by atoms with van der Waals surface area (Å²) in [5, 5.41) is 13.5. The normalized spacial score (nSPS) is 18.8. The summed E-state index contributed by atoms with van der Waals surface area (Å²) in [7, 11) is 0. The Kier molecular flexibility index (Phi) is 6.33. The van der Waals surface area contributed by atoms with E-state index < -0.39 is 22.9 Å². The Morgan fingerprint density at radius 1 is 1.21 bits per heavy atom. The van der Waals surface area contributed by atoms with Crippen molar-refractivity contribution in [2.24, 2.45) is 0 Å². The number of rotatable bonds is 6. The Hall–Kier alpha value is -3.83. The van der Waals surface area contributed by atoms with E-state index in [4.69, 9.17) is 9.15 Å². The van der Waals surface area contributed by atoms with Crippen molar-refractivity contribution in [3.63, 3.8) is 0 Å². The maximum Gasteiger partial charge on any atom is 0.434 e. The molecule has 1 aromatic carbocycles.